The Morgan fingerprint density at radius 1 is 1.42 bits per heavy atom. The van der Waals surface area contributed by atoms with Crippen LogP contribution in [0, 0.1) is 0 Å². The van der Waals surface area contributed by atoms with Crippen LogP contribution in [0.3, 0.4) is 0 Å². The van der Waals surface area contributed by atoms with Crippen molar-refractivity contribution in [1.29, 1.82) is 0 Å². The summed E-state index contributed by atoms with van der Waals surface area (Å²) < 4.78 is 0. The Kier molecular flexibility index (Phi) is 1.80. The zero-order valence-electron chi connectivity index (χ0n) is 6.96. The van der Waals surface area contributed by atoms with Gasteiger partial charge in [0, 0.05) is 11.9 Å². The predicted molar refractivity (Wildman–Crippen MR) is 48.9 cm³/mol. The number of nitrogens with zero attached hydrogens (tertiary/aromatic N) is 1. The van der Waals surface area contributed by atoms with Crippen LogP contribution in [-0.2, 0) is 6.54 Å². The summed E-state index contributed by atoms with van der Waals surface area (Å²) in [7, 11) is 1.92. The van der Waals surface area contributed by atoms with Gasteiger partial charge >= 0.3 is 0 Å². The number of para-hydroxylation sites is 1. The molecule has 1 heterocycles. The lowest BCUT2D eigenvalue weighted by molar-refractivity contribution is 0.789. The van der Waals surface area contributed by atoms with Crippen molar-refractivity contribution < 1.29 is 0 Å². The van der Waals surface area contributed by atoms with Gasteiger partial charge in [0.05, 0.1) is 11.2 Å². The van der Waals surface area contributed by atoms with Crippen LogP contribution in [0.25, 0.3) is 10.9 Å². The smallest absolute Gasteiger partial charge is 0.0838 e. The number of benzene rings is 1. The van der Waals surface area contributed by atoms with E-state index in [1.54, 1.807) is 0 Å². The van der Waals surface area contributed by atoms with Crippen molar-refractivity contribution in [2.24, 2.45) is 0 Å². The second-order valence-electron chi connectivity index (χ2n) is 2.75. The van der Waals surface area contributed by atoms with Crippen LogP contribution in [-0.4, -0.2) is 17.2 Å². The molecule has 0 atom stereocenters. The molecule has 0 aliphatic rings. The van der Waals surface area contributed by atoms with Gasteiger partial charge < -0.3 is 5.32 Å². The van der Waals surface area contributed by atoms with Gasteiger partial charge in [-0.05, 0) is 13.1 Å². The molecule has 3 nitrogen and oxygen atoms in total. The fourth-order valence-corrected chi connectivity index (χ4v) is 1.32. The van der Waals surface area contributed by atoms with E-state index in [1.807, 2.05) is 25.2 Å². The predicted octanol–water partition coefficient (Wildman–Crippen LogP) is 1.28. The highest BCUT2D eigenvalue weighted by Crippen LogP contribution is 2.14. The quantitative estimate of drug-likeness (QED) is 0.696. The summed E-state index contributed by atoms with van der Waals surface area (Å²) in [5.41, 5.74) is 2.18. The lowest BCUT2D eigenvalue weighted by atomic mass is 10.2. The Hall–Kier alpha value is -1.35. The van der Waals surface area contributed by atoms with Crippen molar-refractivity contribution in [3.8, 4) is 0 Å². The van der Waals surface area contributed by atoms with Crippen molar-refractivity contribution >= 4 is 10.9 Å². The number of rotatable bonds is 2. The molecule has 12 heavy (non-hydrogen) atoms. The van der Waals surface area contributed by atoms with Gasteiger partial charge in [-0.2, -0.15) is 5.10 Å². The molecule has 0 saturated heterocycles. The van der Waals surface area contributed by atoms with Crippen LogP contribution < -0.4 is 5.32 Å². The first-order valence-corrected chi connectivity index (χ1v) is 3.98. The SMILES string of the molecule is CNCc1n[nH]c2ccccc12. The van der Waals surface area contributed by atoms with Crippen molar-refractivity contribution in [3.63, 3.8) is 0 Å². The topological polar surface area (TPSA) is 40.7 Å². The molecular formula is C9H11N3. The first-order chi connectivity index (χ1) is 5.92. The molecule has 0 spiro atoms. The van der Waals surface area contributed by atoms with E-state index < -0.39 is 0 Å². The van der Waals surface area contributed by atoms with E-state index in [4.69, 9.17) is 0 Å². The molecule has 1 aromatic carbocycles. The Morgan fingerprint density at radius 2 is 2.25 bits per heavy atom. The standard InChI is InChI=1S/C9H11N3/c1-10-6-9-7-4-2-3-5-8(7)11-12-9/h2-5,10H,6H2,1H3,(H,11,12). The van der Waals surface area contributed by atoms with Crippen LogP contribution >= 0.6 is 0 Å². The summed E-state index contributed by atoms with van der Waals surface area (Å²) in [5.74, 6) is 0. The van der Waals surface area contributed by atoms with Gasteiger partial charge in [0.1, 0.15) is 0 Å². The summed E-state index contributed by atoms with van der Waals surface area (Å²) in [6.07, 6.45) is 0. The van der Waals surface area contributed by atoms with E-state index in [0.29, 0.717) is 0 Å². The van der Waals surface area contributed by atoms with Crippen LogP contribution in [0.1, 0.15) is 5.69 Å². The van der Waals surface area contributed by atoms with Crippen LogP contribution in [0.2, 0.25) is 0 Å². The van der Waals surface area contributed by atoms with Crippen LogP contribution in [0.4, 0.5) is 0 Å². The lowest BCUT2D eigenvalue weighted by Gasteiger charge is -1.93. The average molecular weight is 161 g/mol. The normalized spacial score (nSPS) is 10.8. The Balaban J connectivity index is 2.55. The van der Waals surface area contributed by atoms with Crippen molar-refractivity contribution in [3.05, 3.63) is 30.0 Å². The molecule has 2 rings (SSSR count). The van der Waals surface area contributed by atoms with Crippen molar-refractivity contribution in [1.82, 2.24) is 15.5 Å². The maximum atomic E-state index is 4.20. The van der Waals surface area contributed by atoms with Gasteiger partial charge in [0.15, 0.2) is 0 Å². The molecular weight excluding hydrogens is 150 g/mol. The van der Waals surface area contributed by atoms with Gasteiger partial charge in [-0.3, -0.25) is 5.10 Å². The number of aromatic nitrogens is 2. The molecule has 0 aliphatic heterocycles. The molecule has 0 unspecified atom stereocenters. The molecule has 0 fully saturated rings. The highest BCUT2D eigenvalue weighted by Gasteiger charge is 2.01. The summed E-state index contributed by atoms with van der Waals surface area (Å²) in [5, 5.41) is 11.5. The van der Waals surface area contributed by atoms with E-state index in [9.17, 15) is 0 Å². The van der Waals surface area contributed by atoms with Gasteiger partial charge in [-0.1, -0.05) is 18.2 Å². The molecule has 1 aromatic heterocycles. The molecule has 2 aromatic rings. The van der Waals surface area contributed by atoms with E-state index in [-0.39, 0.29) is 0 Å². The van der Waals surface area contributed by atoms with Gasteiger partial charge in [-0.25, -0.2) is 0 Å². The van der Waals surface area contributed by atoms with Crippen LogP contribution in [0.15, 0.2) is 24.3 Å². The summed E-state index contributed by atoms with van der Waals surface area (Å²) in [6, 6.07) is 8.13. The molecule has 3 heteroatoms. The molecule has 0 amide bonds. The largest absolute Gasteiger partial charge is 0.314 e. The van der Waals surface area contributed by atoms with Crippen LogP contribution in [0.5, 0.6) is 0 Å². The Labute approximate surface area is 70.8 Å². The second kappa shape index (κ2) is 2.95. The summed E-state index contributed by atoms with van der Waals surface area (Å²) >= 11 is 0. The number of hydrogen-bond acceptors (Lipinski definition) is 2. The highest BCUT2D eigenvalue weighted by molar-refractivity contribution is 5.80. The fraction of sp³-hybridized carbons (Fsp3) is 0.222. The number of hydrogen-bond donors (Lipinski definition) is 2. The number of nitrogens with one attached hydrogen (secondary N) is 2. The zero-order chi connectivity index (χ0) is 8.39. The molecule has 62 valence electrons. The molecule has 0 bridgehead atoms. The number of H-pyrrole nitrogens is 1. The van der Waals surface area contributed by atoms with E-state index in [1.165, 1.54) is 5.39 Å². The Bertz CT molecular complexity index is 378. The number of fused-ring (bicyclic) bond motifs is 1. The monoisotopic (exact) mass is 161 g/mol. The maximum absolute atomic E-state index is 4.20. The number of aromatic amines is 1. The molecule has 0 saturated carbocycles. The second-order valence-corrected chi connectivity index (χ2v) is 2.75. The summed E-state index contributed by atoms with van der Waals surface area (Å²) in [4.78, 5) is 0. The third-order valence-electron chi connectivity index (χ3n) is 1.89. The van der Waals surface area contributed by atoms with Crippen molar-refractivity contribution in [2.75, 3.05) is 7.05 Å². The third-order valence-corrected chi connectivity index (χ3v) is 1.89. The average Bonchev–Trinajstić information content (AvgIpc) is 2.50. The molecule has 0 aliphatic carbocycles. The van der Waals surface area contributed by atoms with E-state index in [2.05, 4.69) is 21.6 Å². The summed E-state index contributed by atoms with van der Waals surface area (Å²) in [6.45, 7) is 0.810. The fourth-order valence-electron chi connectivity index (χ4n) is 1.32. The van der Waals surface area contributed by atoms with Crippen molar-refractivity contribution in [2.45, 2.75) is 6.54 Å². The first-order valence-electron chi connectivity index (χ1n) is 3.98. The van der Waals surface area contributed by atoms with E-state index >= 15 is 0 Å². The highest BCUT2D eigenvalue weighted by atomic mass is 15.1. The van der Waals surface area contributed by atoms with Gasteiger partial charge in [0.2, 0.25) is 0 Å². The minimum absolute atomic E-state index is 0.810. The van der Waals surface area contributed by atoms with E-state index in [0.717, 1.165) is 17.8 Å². The first kappa shape index (κ1) is 7.31. The third kappa shape index (κ3) is 1.08. The maximum Gasteiger partial charge on any atom is 0.0838 e. The minimum Gasteiger partial charge on any atom is -0.314 e. The van der Waals surface area contributed by atoms with Gasteiger partial charge in [-0.15, -0.1) is 0 Å². The lowest BCUT2D eigenvalue weighted by Crippen LogP contribution is -2.05. The Morgan fingerprint density at radius 3 is 3.08 bits per heavy atom. The molecule has 0 radical (unpaired) electrons. The van der Waals surface area contributed by atoms with Gasteiger partial charge in [0.25, 0.3) is 0 Å². The minimum atomic E-state index is 0.810. The zero-order valence-corrected chi connectivity index (χ0v) is 6.96. The molecule has 2 N–H and O–H groups in total.